The third kappa shape index (κ3) is 5.67. The summed E-state index contributed by atoms with van der Waals surface area (Å²) in [6.45, 7) is 6.38. The van der Waals surface area contributed by atoms with Gasteiger partial charge in [-0.3, -0.25) is 14.6 Å². The number of ether oxygens (including phenoxy) is 1. The van der Waals surface area contributed by atoms with Gasteiger partial charge in [-0.2, -0.15) is 10.2 Å². The summed E-state index contributed by atoms with van der Waals surface area (Å²) >= 11 is 1.09. The summed E-state index contributed by atoms with van der Waals surface area (Å²) in [5.41, 5.74) is 2.24. The number of halogens is 3. The van der Waals surface area contributed by atoms with Crippen molar-refractivity contribution in [2.45, 2.75) is 26.0 Å². The van der Waals surface area contributed by atoms with E-state index in [9.17, 15) is 14.3 Å². The Morgan fingerprint density at radius 2 is 1.96 bits per heavy atom. The summed E-state index contributed by atoms with van der Waals surface area (Å²) in [6.07, 6.45) is 2.05. The highest BCUT2D eigenvalue weighted by atomic mass is 32.1. The zero-order chi connectivity index (χ0) is 32.0. The minimum absolute atomic E-state index is 0.00895. The number of hydrogen-bond donors (Lipinski definition) is 3. The number of amides is 1. The molecule has 0 aliphatic heterocycles. The molecule has 0 aliphatic carbocycles. The van der Waals surface area contributed by atoms with E-state index in [2.05, 4.69) is 27.2 Å². The van der Waals surface area contributed by atoms with Crippen molar-refractivity contribution in [1.82, 2.24) is 30.3 Å². The number of hydrogen-bond acceptors (Lipinski definition) is 7. The SMILES string of the molecule is C=CC(=O)N[C@@H](C)c1cc(-c2nc(-c3ccc4cn(C)nc4c3)c3scc(F)c3c2-c2c(F)cc(F)cc2OC[C@@H](C)O)n[nH]1. The molecule has 0 spiro atoms. The van der Waals surface area contributed by atoms with Gasteiger partial charge < -0.3 is 15.2 Å². The van der Waals surface area contributed by atoms with Gasteiger partial charge in [0, 0.05) is 52.7 Å². The number of benzene rings is 2. The number of H-pyrrole nitrogens is 1. The lowest BCUT2D eigenvalue weighted by molar-refractivity contribution is -0.117. The van der Waals surface area contributed by atoms with E-state index in [1.165, 1.54) is 12.3 Å². The maximum Gasteiger partial charge on any atom is 0.243 e. The number of fused-ring (bicyclic) bond motifs is 2. The predicted molar refractivity (Wildman–Crippen MR) is 166 cm³/mol. The summed E-state index contributed by atoms with van der Waals surface area (Å²) in [5.74, 6) is -3.23. The fourth-order valence-electron chi connectivity index (χ4n) is 5.14. The molecule has 0 bridgehead atoms. The maximum atomic E-state index is 15.9. The van der Waals surface area contributed by atoms with Gasteiger partial charge in [-0.1, -0.05) is 18.7 Å². The zero-order valence-electron chi connectivity index (χ0n) is 24.4. The number of aryl methyl sites for hydroxylation is 1. The maximum absolute atomic E-state index is 15.9. The van der Waals surface area contributed by atoms with Gasteiger partial charge in [-0.25, -0.2) is 18.2 Å². The summed E-state index contributed by atoms with van der Waals surface area (Å²) in [6, 6.07) is 8.28. The molecule has 2 aromatic carbocycles. The van der Waals surface area contributed by atoms with Gasteiger partial charge in [0.2, 0.25) is 5.91 Å². The van der Waals surface area contributed by atoms with Crippen molar-refractivity contribution in [1.29, 1.82) is 0 Å². The number of carbonyl (C=O) groups excluding carboxylic acids is 1. The number of thiophene rings is 1. The van der Waals surface area contributed by atoms with Crippen molar-refractivity contribution in [2.75, 3.05) is 6.61 Å². The number of nitrogens with one attached hydrogen (secondary N) is 2. The number of aromatic amines is 1. The Labute approximate surface area is 259 Å². The first-order valence-electron chi connectivity index (χ1n) is 13.9. The van der Waals surface area contributed by atoms with Gasteiger partial charge in [0.25, 0.3) is 0 Å². The lowest BCUT2D eigenvalue weighted by atomic mass is 9.94. The van der Waals surface area contributed by atoms with Crippen LogP contribution in [0.2, 0.25) is 0 Å². The topological polar surface area (TPSA) is 118 Å². The lowest BCUT2D eigenvalue weighted by Gasteiger charge is -2.18. The van der Waals surface area contributed by atoms with Gasteiger partial charge in [0.15, 0.2) is 0 Å². The molecular formula is C32H27F3N6O3S. The quantitative estimate of drug-likeness (QED) is 0.158. The van der Waals surface area contributed by atoms with Gasteiger partial charge >= 0.3 is 0 Å². The Bertz CT molecular complexity index is 2100. The molecule has 9 nitrogen and oxygen atoms in total. The molecule has 0 unspecified atom stereocenters. The Morgan fingerprint density at radius 1 is 1.16 bits per heavy atom. The summed E-state index contributed by atoms with van der Waals surface area (Å²) < 4.78 is 54.1. The van der Waals surface area contributed by atoms with Crippen LogP contribution < -0.4 is 10.1 Å². The van der Waals surface area contributed by atoms with E-state index >= 15 is 8.78 Å². The van der Waals surface area contributed by atoms with Crippen LogP contribution in [0.4, 0.5) is 13.2 Å². The number of carbonyl (C=O) groups is 1. The molecular weight excluding hydrogens is 605 g/mol. The molecule has 45 heavy (non-hydrogen) atoms. The van der Waals surface area contributed by atoms with Gasteiger partial charge in [-0.05, 0) is 32.1 Å². The van der Waals surface area contributed by atoms with Crippen molar-refractivity contribution >= 4 is 38.2 Å². The molecule has 4 aromatic heterocycles. The Kier molecular flexibility index (Phi) is 7.89. The van der Waals surface area contributed by atoms with E-state index in [0.29, 0.717) is 33.2 Å². The number of rotatable bonds is 9. The molecule has 2 atom stereocenters. The normalized spacial score (nSPS) is 12.9. The van der Waals surface area contributed by atoms with E-state index < -0.39 is 35.5 Å². The largest absolute Gasteiger partial charge is 0.490 e. The molecule has 13 heteroatoms. The summed E-state index contributed by atoms with van der Waals surface area (Å²) in [5, 5.41) is 26.6. The first-order chi connectivity index (χ1) is 21.5. The van der Waals surface area contributed by atoms with Crippen LogP contribution in [0.3, 0.4) is 0 Å². The minimum atomic E-state index is -1.02. The molecule has 4 heterocycles. The molecule has 0 saturated carbocycles. The molecule has 0 aliphatic rings. The highest BCUT2D eigenvalue weighted by Crippen LogP contribution is 2.48. The van der Waals surface area contributed by atoms with E-state index in [-0.39, 0.29) is 40.3 Å². The second kappa shape index (κ2) is 11.8. The molecule has 3 N–H and O–H groups in total. The molecule has 0 radical (unpaired) electrons. The average Bonchev–Trinajstić information content (AvgIpc) is 3.73. The second-order valence-corrected chi connectivity index (χ2v) is 11.5. The van der Waals surface area contributed by atoms with Crippen LogP contribution in [0.25, 0.3) is 54.8 Å². The van der Waals surface area contributed by atoms with Crippen molar-refractivity contribution < 1.29 is 27.8 Å². The van der Waals surface area contributed by atoms with Gasteiger partial charge in [0.05, 0.1) is 39.3 Å². The lowest BCUT2D eigenvalue weighted by Crippen LogP contribution is -2.24. The van der Waals surface area contributed by atoms with E-state index in [4.69, 9.17) is 9.72 Å². The number of aliphatic hydroxyl groups is 1. The molecule has 0 saturated heterocycles. The highest BCUT2D eigenvalue weighted by Gasteiger charge is 2.29. The van der Waals surface area contributed by atoms with Crippen LogP contribution in [-0.4, -0.2) is 48.7 Å². The van der Waals surface area contributed by atoms with Crippen LogP contribution >= 0.6 is 11.3 Å². The summed E-state index contributed by atoms with van der Waals surface area (Å²) in [4.78, 5) is 16.9. The highest BCUT2D eigenvalue weighted by molar-refractivity contribution is 7.17. The van der Waals surface area contributed by atoms with Crippen LogP contribution in [-0.2, 0) is 11.8 Å². The third-order valence-electron chi connectivity index (χ3n) is 7.17. The number of nitrogens with zero attached hydrogens (tertiary/aromatic N) is 4. The fraction of sp³-hybridized carbons (Fsp3) is 0.188. The van der Waals surface area contributed by atoms with Crippen LogP contribution in [0.5, 0.6) is 5.75 Å². The van der Waals surface area contributed by atoms with Gasteiger partial charge in [-0.15, -0.1) is 11.3 Å². The standard InChI is InChI=1S/C32H27F3N6O3S/c1-5-26(43)36-16(3)22-11-24(39-38-22)31-29(27-20(34)9-19(33)10-25(27)44-13-15(2)42)28-21(35)14-45-32(28)30(37-31)17-6-7-18-12-41(4)40-23(18)8-17/h5-12,14-16,42H,1,13H2,2-4H3,(H,36,43)(H,38,39)/t15-,16+/m1/s1. The Balaban J connectivity index is 1.66. The van der Waals surface area contributed by atoms with Crippen molar-refractivity contribution in [3.8, 4) is 39.5 Å². The zero-order valence-corrected chi connectivity index (χ0v) is 25.2. The monoisotopic (exact) mass is 632 g/mol. The Hall–Kier alpha value is -5.01. The molecule has 0 fully saturated rings. The second-order valence-electron chi connectivity index (χ2n) is 10.6. The molecule has 1 amide bonds. The van der Waals surface area contributed by atoms with Gasteiger partial charge in [0.1, 0.15) is 41.2 Å². The summed E-state index contributed by atoms with van der Waals surface area (Å²) in [7, 11) is 1.81. The average molecular weight is 633 g/mol. The molecule has 230 valence electrons. The first kappa shape index (κ1) is 30.0. The van der Waals surface area contributed by atoms with Crippen molar-refractivity contribution in [3.63, 3.8) is 0 Å². The van der Waals surface area contributed by atoms with E-state index in [1.807, 2.05) is 24.4 Å². The number of pyridine rings is 1. The first-order valence-corrected chi connectivity index (χ1v) is 14.7. The van der Waals surface area contributed by atoms with Crippen LogP contribution in [0.1, 0.15) is 25.6 Å². The number of aliphatic hydroxyl groups excluding tert-OH is 1. The van der Waals surface area contributed by atoms with Crippen LogP contribution in [0.15, 0.2) is 60.6 Å². The predicted octanol–water partition coefficient (Wildman–Crippen LogP) is 6.45. The third-order valence-corrected chi connectivity index (χ3v) is 8.12. The molecule has 6 rings (SSSR count). The van der Waals surface area contributed by atoms with Crippen LogP contribution in [0, 0.1) is 17.5 Å². The smallest absolute Gasteiger partial charge is 0.243 e. The van der Waals surface area contributed by atoms with Crippen molar-refractivity contribution in [2.24, 2.45) is 7.05 Å². The minimum Gasteiger partial charge on any atom is -0.490 e. The number of aromatic nitrogens is 5. The Morgan fingerprint density at radius 3 is 2.71 bits per heavy atom. The van der Waals surface area contributed by atoms with E-state index in [0.717, 1.165) is 28.9 Å². The van der Waals surface area contributed by atoms with Crippen molar-refractivity contribution in [3.05, 3.63) is 83.8 Å². The molecule has 6 aromatic rings. The fourth-order valence-corrected chi connectivity index (χ4v) is 6.07. The van der Waals surface area contributed by atoms with E-state index in [1.54, 1.807) is 24.7 Å².